The minimum Gasteiger partial charge on any atom is -0.360 e. The van der Waals surface area contributed by atoms with E-state index in [0.717, 1.165) is 25.0 Å². The highest BCUT2D eigenvalue weighted by atomic mass is 32.1. The third-order valence-electron chi connectivity index (χ3n) is 3.60. The number of hydrogen-bond donors (Lipinski definition) is 2. The Balaban J connectivity index is 0.00000127. The molecule has 0 amide bonds. The smallest absolute Gasteiger partial charge is 0.360 e. The number of nitriles is 1. The summed E-state index contributed by atoms with van der Waals surface area (Å²) >= 11 is 5.19. The molecule has 1 fully saturated rings. The van der Waals surface area contributed by atoms with Crippen LogP contribution in [0.4, 0.5) is 18.9 Å². The highest BCUT2D eigenvalue weighted by Crippen LogP contribution is 2.31. The number of hydrogen-bond acceptors (Lipinski definition) is 2. The summed E-state index contributed by atoms with van der Waals surface area (Å²) in [6, 6.07) is 4.19. The second-order valence-corrected chi connectivity index (χ2v) is 5.93. The van der Waals surface area contributed by atoms with Gasteiger partial charge < -0.3 is 10.6 Å². The predicted molar refractivity (Wildman–Crippen MR) is 89.1 cm³/mol. The van der Waals surface area contributed by atoms with E-state index in [1.165, 1.54) is 19.3 Å². The molecule has 0 spiro atoms. The summed E-state index contributed by atoms with van der Waals surface area (Å²) in [7, 11) is 0. The van der Waals surface area contributed by atoms with E-state index in [2.05, 4.69) is 17.2 Å². The molecular formula is C16H20F3N3S. The number of nitrogens with zero attached hydrogens (tertiary/aromatic N) is 1. The average molecular weight is 343 g/mol. The van der Waals surface area contributed by atoms with Gasteiger partial charge >= 0.3 is 6.18 Å². The van der Waals surface area contributed by atoms with Crippen molar-refractivity contribution in [2.75, 3.05) is 5.32 Å². The Morgan fingerprint density at radius 3 is 2.35 bits per heavy atom. The molecule has 23 heavy (non-hydrogen) atoms. The number of alkyl halides is 3. The van der Waals surface area contributed by atoms with Crippen LogP contribution in [-0.4, -0.2) is 11.2 Å². The summed E-state index contributed by atoms with van der Waals surface area (Å²) < 4.78 is 38.3. The number of anilines is 1. The zero-order chi connectivity index (χ0) is 17.5. The van der Waals surface area contributed by atoms with Gasteiger partial charge in [0, 0.05) is 18.3 Å². The molecule has 1 saturated carbocycles. The van der Waals surface area contributed by atoms with Crippen molar-refractivity contribution in [2.24, 2.45) is 0 Å². The highest BCUT2D eigenvalue weighted by Gasteiger charge is 2.31. The first-order chi connectivity index (χ1) is 10.8. The first-order valence-corrected chi connectivity index (χ1v) is 7.77. The van der Waals surface area contributed by atoms with Crippen LogP contribution < -0.4 is 10.6 Å². The van der Waals surface area contributed by atoms with Gasteiger partial charge in [0.2, 0.25) is 0 Å². The van der Waals surface area contributed by atoms with Gasteiger partial charge in [0.15, 0.2) is 5.11 Å². The lowest BCUT2D eigenvalue weighted by Gasteiger charge is -2.24. The van der Waals surface area contributed by atoms with Crippen molar-refractivity contribution in [3.63, 3.8) is 0 Å². The van der Waals surface area contributed by atoms with Gasteiger partial charge in [0.05, 0.1) is 5.56 Å². The van der Waals surface area contributed by atoms with Crippen LogP contribution in [0.2, 0.25) is 0 Å². The van der Waals surface area contributed by atoms with Crippen LogP contribution in [0.5, 0.6) is 0 Å². The number of benzene rings is 1. The summed E-state index contributed by atoms with van der Waals surface area (Å²) in [6.45, 7) is 5.14. The van der Waals surface area contributed by atoms with Crippen molar-refractivity contribution in [2.45, 2.75) is 51.2 Å². The van der Waals surface area contributed by atoms with E-state index in [9.17, 15) is 13.2 Å². The van der Waals surface area contributed by atoms with Gasteiger partial charge in [-0.1, -0.05) is 19.3 Å². The third kappa shape index (κ3) is 6.45. The standard InChI is InChI=1S/C15H19F3N2S.CHN/c1-10-7-11(15(16,17)18)9-13(8-10)20-14(21)19-12-5-3-2-4-6-12;1-2/h7-9,12H,2-6H2,1H3,(H2,19,20,21);1H. The van der Waals surface area contributed by atoms with Crippen molar-refractivity contribution < 1.29 is 13.2 Å². The molecule has 126 valence electrons. The molecule has 0 aromatic heterocycles. The quantitative estimate of drug-likeness (QED) is 0.759. The molecule has 0 radical (unpaired) electrons. The highest BCUT2D eigenvalue weighted by molar-refractivity contribution is 7.80. The molecule has 0 aliphatic heterocycles. The van der Waals surface area contributed by atoms with Gasteiger partial charge in [-0.25, -0.2) is 5.26 Å². The number of halogens is 3. The molecule has 3 nitrogen and oxygen atoms in total. The minimum absolute atomic E-state index is 0.325. The van der Waals surface area contributed by atoms with Gasteiger partial charge in [-0.2, -0.15) is 13.2 Å². The number of nitrogens with one attached hydrogen (secondary N) is 2. The number of thiocarbonyl (C=S) groups is 1. The van der Waals surface area contributed by atoms with Crippen LogP contribution >= 0.6 is 12.2 Å². The second kappa shape index (κ2) is 8.73. The molecule has 1 aliphatic rings. The maximum Gasteiger partial charge on any atom is 0.416 e. The van der Waals surface area contributed by atoms with Crippen molar-refractivity contribution in [3.05, 3.63) is 29.3 Å². The van der Waals surface area contributed by atoms with Crippen molar-refractivity contribution in [3.8, 4) is 6.57 Å². The van der Waals surface area contributed by atoms with Crippen molar-refractivity contribution in [1.29, 1.82) is 5.26 Å². The van der Waals surface area contributed by atoms with E-state index in [-0.39, 0.29) is 0 Å². The third-order valence-corrected chi connectivity index (χ3v) is 3.82. The Labute approximate surface area is 139 Å². The van der Waals surface area contributed by atoms with Crippen LogP contribution in [-0.2, 0) is 6.18 Å². The molecular weight excluding hydrogens is 323 g/mol. The molecule has 0 unspecified atom stereocenters. The first-order valence-electron chi connectivity index (χ1n) is 7.37. The molecule has 2 N–H and O–H groups in total. The lowest BCUT2D eigenvalue weighted by atomic mass is 9.96. The number of rotatable bonds is 2. The molecule has 0 saturated heterocycles. The zero-order valence-electron chi connectivity index (χ0n) is 12.9. The Morgan fingerprint density at radius 1 is 1.17 bits per heavy atom. The molecule has 2 rings (SSSR count). The fourth-order valence-corrected chi connectivity index (χ4v) is 2.90. The van der Waals surface area contributed by atoms with E-state index in [4.69, 9.17) is 17.5 Å². The molecule has 0 atom stereocenters. The fourth-order valence-electron chi connectivity index (χ4n) is 2.62. The van der Waals surface area contributed by atoms with Gasteiger partial charge in [0.25, 0.3) is 0 Å². The van der Waals surface area contributed by atoms with E-state index in [0.29, 0.717) is 22.4 Å². The number of aryl methyl sites for hydroxylation is 1. The minimum atomic E-state index is -4.35. The van der Waals surface area contributed by atoms with E-state index < -0.39 is 11.7 Å². The SMILES string of the molecule is C#N.Cc1cc(NC(=S)NC2CCCCC2)cc(C(F)(F)F)c1. The maximum atomic E-state index is 12.8. The molecule has 0 heterocycles. The zero-order valence-corrected chi connectivity index (χ0v) is 13.7. The monoisotopic (exact) mass is 343 g/mol. The topological polar surface area (TPSA) is 47.9 Å². The molecule has 1 aromatic rings. The van der Waals surface area contributed by atoms with Crippen molar-refractivity contribution in [1.82, 2.24) is 5.32 Å². The van der Waals surface area contributed by atoms with Crippen LogP contribution in [0.3, 0.4) is 0 Å². The van der Waals surface area contributed by atoms with Crippen LogP contribution in [0.15, 0.2) is 18.2 Å². The molecule has 0 bridgehead atoms. The Kier molecular flexibility index (Phi) is 7.30. The Morgan fingerprint density at radius 2 is 1.78 bits per heavy atom. The summed E-state index contributed by atoms with van der Waals surface area (Å²) in [5.74, 6) is 0. The molecule has 1 aromatic carbocycles. The maximum absolute atomic E-state index is 12.8. The fraction of sp³-hybridized carbons (Fsp3) is 0.500. The van der Waals surface area contributed by atoms with Gasteiger partial charge in [-0.05, 0) is 55.7 Å². The van der Waals surface area contributed by atoms with Gasteiger partial charge in [0.1, 0.15) is 0 Å². The molecule has 1 aliphatic carbocycles. The van der Waals surface area contributed by atoms with E-state index in [1.54, 1.807) is 13.0 Å². The second-order valence-electron chi connectivity index (χ2n) is 5.52. The average Bonchev–Trinajstić information content (AvgIpc) is 2.48. The Bertz CT molecular complexity index is 549. The van der Waals surface area contributed by atoms with E-state index >= 15 is 0 Å². The van der Waals surface area contributed by atoms with E-state index in [1.807, 2.05) is 0 Å². The van der Waals surface area contributed by atoms with Crippen molar-refractivity contribution >= 4 is 23.0 Å². The largest absolute Gasteiger partial charge is 0.416 e. The van der Waals surface area contributed by atoms with Crippen LogP contribution in [0.1, 0.15) is 43.2 Å². The van der Waals surface area contributed by atoms with Crippen LogP contribution in [0, 0.1) is 18.8 Å². The predicted octanol–water partition coefficient (Wildman–Crippen LogP) is 4.77. The first kappa shape index (κ1) is 19.2. The summed E-state index contributed by atoms with van der Waals surface area (Å²) in [4.78, 5) is 0. The lowest BCUT2D eigenvalue weighted by molar-refractivity contribution is -0.137. The van der Waals surface area contributed by atoms with Gasteiger partial charge in [-0.15, -0.1) is 0 Å². The van der Waals surface area contributed by atoms with Crippen LogP contribution in [0.25, 0.3) is 0 Å². The molecule has 7 heteroatoms. The lowest BCUT2D eigenvalue weighted by Crippen LogP contribution is -2.38. The summed E-state index contributed by atoms with van der Waals surface area (Å²) in [5, 5.41) is 12.9. The summed E-state index contributed by atoms with van der Waals surface area (Å²) in [5.41, 5.74) is 0.258. The van der Waals surface area contributed by atoms with Gasteiger partial charge in [-0.3, -0.25) is 0 Å². The summed E-state index contributed by atoms with van der Waals surface area (Å²) in [6.07, 6.45) is 1.35. The Hall–Kier alpha value is -1.81. The normalized spacial score (nSPS) is 15.2.